The molecule has 0 aliphatic carbocycles. The van der Waals surface area contributed by atoms with Gasteiger partial charge in [-0.25, -0.2) is 0 Å². The van der Waals surface area contributed by atoms with Crippen molar-refractivity contribution < 1.29 is 37.3 Å². The van der Waals surface area contributed by atoms with E-state index in [-0.39, 0.29) is 41.1 Å². The lowest BCUT2D eigenvalue weighted by atomic mass is 10.0. The van der Waals surface area contributed by atoms with Crippen LogP contribution >= 0.6 is 0 Å². The molecule has 31 heavy (non-hydrogen) atoms. The van der Waals surface area contributed by atoms with Gasteiger partial charge in [-0.3, -0.25) is 19.5 Å². The topological polar surface area (TPSA) is 89.0 Å². The first-order chi connectivity index (χ1) is 14.7. The number of pyridine rings is 1. The Bertz CT molecular complexity index is 1190. The van der Waals surface area contributed by atoms with E-state index in [2.05, 4.69) is 4.98 Å². The molecule has 10 heteroatoms. The van der Waals surface area contributed by atoms with Crippen LogP contribution in [0, 0.1) is 0 Å². The maximum atomic E-state index is 13.1. The maximum Gasteiger partial charge on any atom is 0.416 e. The molecule has 0 saturated heterocycles. The van der Waals surface area contributed by atoms with Gasteiger partial charge >= 0.3 is 6.18 Å². The van der Waals surface area contributed by atoms with E-state index in [9.17, 15) is 27.9 Å². The van der Waals surface area contributed by atoms with Gasteiger partial charge in [0.25, 0.3) is 11.8 Å². The second-order valence-electron chi connectivity index (χ2n) is 6.77. The second-order valence-corrected chi connectivity index (χ2v) is 6.77. The number of imide groups is 1. The number of phenolic OH excluding ortho intramolecular Hbond substituents is 1. The molecule has 2 heterocycles. The molecule has 1 aliphatic rings. The lowest BCUT2D eigenvalue weighted by molar-refractivity contribution is -0.137. The number of methoxy groups -OCH3 is 1. The van der Waals surface area contributed by atoms with Crippen molar-refractivity contribution in [1.82, 2.24) is 9.88 Å². The van der Waals surface area contributed by atoms with Crippen LogP contribution in [0.4, 0.5) is 13.2 Å². The Kier molecular flexibility index (Phi) is 5.02. The Morgan fingerprint density at radius 3 is 2.39 bits per heavy atom. The summed E-state index contributed by atoms with van der Waals surface area (Å²) < 4.78 is 48.7. The molecule has 0 spiro atoms. The zero-order valence-electron chi connectivity index (χ0n) is 16.1. The number of aromatic hydroxyl groups is 1. The predicted octanol–water partition coefficient (Wildman–Crippen LogP) is 3.74. The molecular weight excluding hydrogens is 417 g/mol. The number of aromatic nitrogens is 1. The number of fused-ring (bicyclic) bond motifs is 2. The number of ether oxygens (including phenoxy) is 2. The van der Waals surface area contributed by atoms with Crippen molar-refractivity contribution in [1.29, 1.82) is 0 Å². The highest BCUT2D eigenvalue weighted by molar-refractivity contribution is 6.26. The summed E-state index contributed by atoms with van der Waals surface area (Å²) in [6, 6.07) is 7.19. The standard InChI is InChI=1S/C21H15F3N2O5/c1-30-10-31-18-15-14(17(27)13-3-2-8-25-16(13)18)19(28)26(20(15)29)9-11-4-6-12(7-5-11)21(22,23)24/h2-8,27H,9-10H2,1H3. The zero-order chi connectivity index (χ0) is 22.3. The van der Waals surface area contributed by atoms with Gasteiger partial charge < -0.3 is 14.6 Å². The molecule has 0 unspecified atom stereocenters. The van der Waals surface area contributed by atoms with Gasteiger partial charge in [0.2, 0.25) is 0 Å². The summed E-state index contributed by atoms with van der Waals surface area (Å²) in [5.74, 6) is -1.98. The monoisotopic (exact) mass is 432 g/mol. The number of carbonyl (C=O) groups excluding carboxylic acids is 2. The fraction of sp³-hybridized carbons (Fsp3) is 0.190. The molecule has 1 N–H and O–H groups in total. The molecule has 0 atom stereocenters. The fourth-order valence-corrected chi connectivity index (χ4v) is 3.42. The van der Waals surface area contributed by atoms with Gasteiger partial charge in [-0.05, 0) is 29.8 Å². The normalized spacial score (nSPS) is 13.7. The van der Waals surface area contributed by atoms with Crippen LogP contribution in [0.3, 0.4) is 0 Å². The van der Waals surface area contributed by atoms with Crippen molar-refractivity contribution in [3.05, 3.63) is 64.8 Å². The average Bonchev–Trinajstić information content (AvgIpc) is 2.99. The van der Waals surface area contributed by atoms with E-state index in [1.165, 1.54) is 31.5 Å². The van der Waals surface area contributed by atoms with Crippen molar-refractivity contribution in [2.75, 3.05) is 13.9 Å². The number of hydrogen-bond donors (Lipinski definition) is 1. The molecule has 2 amide bonds. The van der Waals surface area contributed by atoms with Crippen molar-refractivity contribution in [3.8, 4) is 11.5 Å². The highest BCUT2D eigenvalue weighted by Crippen LogP contribution is 2.44. The van der Waals surface area contributed by atoms with Gasteiger partial charge in [0.05, 0.1) is 17.7 Å². The third-order valence-corrected chi connectivity index (χ3v) is 4.85. The van der Waals surface area contributed by atoms with Crippen LogP contribution in [0.15, 0.2) is 42.6 Å². The molecule has 1 aromatic heterocycles. The minimum atomic E-state index is -4.50. The highest BCUT2D eigenvalue weighted by Gasteiger charge is 2.42. The van der Waals surface area contributed by atoms with Crippen LogP contribution in [0.5, 0.6) is 11.5 Å². The predicted molar refractivity (Wildman–Crippen MR) is 102 cm³/mol. The summed E-state index contributed by atoms with van der Waals surface area (Å²) in [5.41, 5.74) is -0.776. The second kappa shape index (κ2) is 7.55. The van der Waals surface area contributed by atoms with E-state index in [0.29, 0.717) is 5.56 Å². The number of amides is 2. The smallest absolute Gasteiger partial charge is 0.416 e. The van der Waals surface area contributed by atoms with Crippen LogP contribution in [0.2, 0.25) is 0 Å². The third kappa shape index (κ3) is 3.44. The number of nitrogens with zero attached hydrogens (tertiary/aromatic N) is 2. The number of alkyl halides is 3. The van der Waals surface area contributed by atoms with Gasteiger partial charge in [-0.2, -0.15) is 13.2 Å². The minimum Gasteiger partial charge on any atom is -0.506 e. The van der Waals surface area contributed by atoms with Crippen LogP contribution in [0.25, 0.3) is 10.9 Å². The maximum absolute atomic E-state index is 13.1. The van der Waals surface area contributed by atoms with Crippen molar-refractivity contribution >= 4 is 22.7 Å². The highest BCUT2D eigenvalue weighted by atomic mass is 19.4. The number of benzene rings is 2. The molecule has 0 fully saturated rings. The van der Waals surface area contributed by atoms with Gasteiger partial charge in [0.15, 0.2) is 12.5 Å². The Balaban J connectivity index is 1.76. The van der Waals surface area contributed by atoms with E-state index in [4.69, 9.17) is 9.47 Å². The van der Waals surface area contributed by atoms with Crippen molar-refractivity contribution in [3.63, 3.8) is 0 Å². The van der Waals surface area contributed by atoms with Crippen LogP contribution in [-0.4, -0.2) is 40.7 Å². The molecule has 160 valence electrons. The molecule has 2 aromatic carbocycles. The van der Waals surface area contributed by atoms with E-state index in [0.717, 1.165) is 17.0 Å². The SMILES string of the molecule is COCOc1c2c(c(O)c3cccnc13)C(=O)N(Cc1ccc(C(F)(F)F)cc1)C2=O. The van der Waals surface area contributed by atoms with E-state index in [1.807, 2.05) is 0 Å². The van der Waals surface area contributed by atoms with Crippen LogP contribution in [-0.2, 0) is 17.5 Å². The lowest BCUT2D eigenvalue weighted by Crippen LogP contribution is -2.29. The largest absolute Gasteiger partial charge is 0.506 e. The summed E-state index contributed by atoms with van der Waals surface area (Å²) in [6.07, 6.45) is -3.06. The van der Waals surface area contributed by atoms with Crippen molar-refractivity contribution in [2.45, 2.75) is 12.7 Å². The third-order valence-electron chi connectivity index (χ3n) is 4.85. The first-order valence-corrected chi connectivity index (χ1v) is 9.01. The summed E-state index contributed by atoms with van der Waals surface area (Å²) in [5, 5.41) is 10.9. The van der Waals surface area contributed by atoms with Gasteiger partial charge in [0.1, 0.15) is 16.8 Å². The van der Waals surface area contributed by atoms with Gasteiger partial charge in [-0.15, -0.1) is 0 Å². The average molecular weight is 432 g/mol. The molecule has 7 nitrogen and oxygen atoms in total. The van der Waals surface area contributed by atoms with Crippen LogP contribution < -0.4 is 4.74 Å². The van der Waals surface area contributed by atoms with Crippen molar-refractivity contribution in [2.24, 2.45) is 0 Å². The van der Waals surface area contributed by atoms with E-state index < -0.39 is 29.3 Å². The van der Waals surface area contributed by atoms with Crippen LogP contribution in [0.1, 0.15) is 31.8 Å². The number of carbonyl (C=O) groups is 2. The lowest BCUT2D eigenvalue weighted by Gasteiger charge is -2.15. The molecule has 4 rings (SSSR count). The number of hydrogen-bond acceptors (Lipinski definition) is 6. The van der Waals surface area contributed by atoms with E-state index in [1.54, 1.807) is 6.07 Å². The first-order valence-electron chi connectivity index (χ1n) is 9.01. The number of rotatable bonds is 5. The Labute approximate surface area is 173 Å². The summed E-state index contributed by atoms with van der Waals surface area (Å²) in [7, 11) is 1.38. The molecule has 0 saturated carbocycles. The summed E-state index contributed by atoms with van der Waals surface area (Å²) in [4.78, 5) is 31.1. The molecular formula is C21H15F3N2O5. The van der Waals surface area contributed by atoms with Gasteiger partial charge in [-0.1, -0.05) is 12.1 Å². The molecule has 0 radical (unpaired) electrons. The van der Waals surface area contributed by atoms with Gasteiger partial charge in [0, 0.05) is 18.7 Å². The Morgan fingerprint density at radius 2 is 1.74 bits per heavy atom. The quantitative estimate of drug-likeness (QED) is 0.488. The first kappa shape index (κ1) is 20.6. The number of halogens is 3. The fourth-order valence-electron chi connectivity index (χ4n) is 3.42. The number of phenols is 1. The summed E-state index contributed by atoms with van der Waals surface area (Å²) >= 11 is 0. The zero-order valence-corrected chi connectivity index (χ0v) is 16.1. The molecule has 3 aromatic rings. The van der Waals surface area contributed by atoms with E-state index >= 15 is 0 Å². The Morgan fingerprint density at radius 1 is 1.06 bits per heavy atom. The molecule has 0 bridgehead atoms. The Hall–Kier alpha value is -3.66. The minimum absolute atomic E-state index is 0.0153. The summed E-state index contributed by atoms with van der Waals surface area (Å²) in [6.45, 7) is -0.513. The molecule has 1 aliphatic heterocycles.